The molecule has 1 aliphatic rings. The number of benzene rings is 1. The van der Waals surface area contributed by atoms with Gasteiger partial charge < -0.3 is 15.0 Å². The van der Waals surface area contributed by atoms with Crippen LogP contribution in [0, 0.1) is 0 Å². The molecule has 1 fully saturated rings. The van der Waals surface area contributed by atoms with Crippen molar-refractivity contribution in [3.05, 3.63) is 41.4 Å². The zero-order valence-corrected chi connectivity index (χ0v) is 17.0. The second-order valence-corrected chi connectivity index (χ2v) is 8.42. The van der Waals surface area contributed by atoms with Crippen LogP contribution in [-0.4, -0.2) is 55.4 Å². The Morgan fingerprint density at radius 3 is 2.96 bits per heavy atom. The number of likely N-dealkylation sites (tertiary alicyclic amines) is 1. The SMILES string of the molecule is CN=C(NCCCSc1nccs1)N1CCC(c2ccc(OC)cc2)C1. The van der Waals surface area contributed by atoms with Crippen LogP contribution in [-0.2, 0) is 0 Å². The Hall–Kier alpha value is -1.73. The molecule has 0 aliphatic carbocycles. The Labute approximate surface area is 163 Å². The Bertz CT molecular complexity index is 688. The van der Waals surface area contributed by atoms with Crippen LogP contribution < -0.4 is 10.1 Å². The van der Waals surface area contributed by atoms with Gasteiger partial charge >= 0.3 is 0 Å². The van der Waals surface area contributed by atoms with Gasteiger partial charge in [-0.3, -0.25) is 4.99 Å². The molecule has 2 aromatic rings. The average Bonchev–Trinajstić information content (AvgIpc) is 3.37. The van der Waals surface area contributed by atoms with Crippen molar-refractivity contribution in [2.24, 2.45) is 4.99 Å². The summed E-state index contributed by atoms with van der Waals surface area (Å²) in [6.45, 7) is 3.00. The van der Waals surface area contributed by atoms with E-state index in [1.165, 1.54) is 5.56 Å². The lowest BCUT2D eigenvalue weighted by atomic mass is 9.98. The summed E-state index contributed by atoms with van der Waals surface area (Å²) in [5.74, 6) is 3.56. The van der Waals surface area contributed by atoms with E-state index < -0.39 is 0 Å². The number of ether oxygens (including phenoxy) is 1. The van der Waals surface area contributed by atoms with Crippen molar-refractivity contribution in [3.8, 4) is 5.75 Å². The fraction of sp³-hybridized carbons (Fsp3) is 0.474. The summed E-state index contributed by atoms with van der Waals surface area (Å²) in [7, 11) is 3.57. The first-order valence-electron chi connectivity index (χ1n) is 8.92. The highest BCUT2D eigenvalue weighted by Crippen LogP contribution is 2.28. The van der Waals surface area contributed by atoms with Gasteiger partial charge in [0.25, 0.3) is 0 Å². The van der Waals surface area contributed by atoms with Crippen molar-refractivity contribution in [3.63, 3.8) is 0 Å². The van der Waals surface area contributed by atoms with Gasteiger partial charge in [-0.1, -0.05) is 23.9 Å². The quantitative estimate of drug-likeness (QED) is 0.338. The number of hydrogen-bond acceptors (Lipinski definition) is 5. The number of aliphatic imine (C=N–C) groups is 1. The molecule has 1 unspecified atom stereocenters. The first-order valence-corrected chi connectivity index (χ1v) is 10.8. The number of nitrogens with zero attached hydrogens (tertiary/aromatic N) is 3. The smallest absolute Gasteiger partial charge is 0.193 e. The molecule has 0 amide bonds. The predicted molar refractivity (Wildman–Crippen MR) is 111 cm³/mol. The molecule has 7 heteroatoms. The monoisotopic (exact) mass is 390 g/mol. The molecule has 0 saturated carbocycles. The van der Waals surface area contributed by atoms with Crippen LogP contribution in [0.3, 0.4) is 0 Å². The van der Waals surface area contributed by atoms with Crippen LogP contribution in [0.25, 0.3) is 0 Å². The lowest BCUT2D eigenvalue weighted by Crippen LogP contribution is -2.40. The third-order valence-corrected chi connectivity index (χ3v) is 6.58. The van der Waals surface area contributed by atoms with Gasteiger partial charge in [-0.05, 0) is 30.5 Å². The van der Waals surface area contributed by atoms with Gasteiger partial charge in [-0.2, -0.15) is 0 Å². The molecule has 1 aromatic heterocycles. The van der Waals surface area contributed by atoms with Crippen LogP contribution in [0.15, 0.2) is 45.2 Å². The fourth-order valence-electron chi connectivity index (χ4n) is 3.15. The maximum absolute atomic E-state index is 5.25. The van der Waals surface area contributed by atoms with Crippen LogP contribution in [0.1, 0.15) is 24.3 Å². The normalized spacial score (nSPS) is 17.5. The van der Waals surface area contributed by atoms with Gasteiger partial charge in [0.2, 0.25) is 0 Å². The van der Waals surface area contributed by atoms with Crippen molar-refractivity contribution in [2.75, 3.05) is 39.5 Å². The summed E-state index contributed by atoms with van der Waals surface area (Å²) in [6.07, 6.45) is 4.12. The van der Waals surface area contributed by atoms with E-state index in [9.17, 15) is 0 Å². The summed E-state index contributed by atoms with van der Waals surface area (Å²) >= 11 is 3.53. The molecule has 140 valence electrons. The van der Waals surface area contributed by atoms with Crippen LogP contribution in [0.2, 0.25) is 0 Å². The van der Waals surface area contributed by atoms with Crippen molar-refractivity contribution >= 4 is 29.1 Å². The standard InChI is InChI=1S/C19H26N4OS2/c1-20-18(21-9-3-12-25-19-22-10-13-26-19)23-11-8-16(14-23)15-4-6-17(24-2)7-5-15/h4-7,10,13,16H,3,8-9,11-12,14H2,1-2H3,(H,20,21). The van der Waals surface area contributed by atoms with E-state index in [0.717, 1.165) is 54.3 Å². The number of thioether (sulfide) groups is 1. The molecule has 2 heterocycles. The summed E-state index contributed by atoms with van der Waals surface area (Å²) < 4.78 is 6.40. The number of methoxy groups -OCH3 is 1. The van der Waals surface area contributed by atoms with Gasteiger partial charge in [-0.15, -0.1) is 11.3 Å². The van der Waals surface area contributed by atoms with Gasteiger partial charge in [0.1, 0.15) is 10.1 Å². The van der Waals surface area contributed by atoms with E-state index in [2.05, 4.69) is 32.3 Å². The lowest BCUT2D eigenvalue weighted by Gasteiger charge is -2.21. The van der Waals surface area contributed by atoms with E-state index >= 15 is 0 Å². The molecule has 1 N–H and O–H groups in total. The zero-order valence-electron chi connectivity index (χ0n) is 15.4. The van der Waals surface area contributed by atoms with E-state index in [1.54, 1.807) is 18.4 Å². The fourth-order valence-corrected chi connectivity index (χ4v) is 4.79. The maximum atomic E-state index is 5.25. The minimum atomic E-state index is 0.555. The highest BCUT2D eigenvalue weighted by molar-refractivity contribution is 8.00. The van der Waals surface area contributed by atoms with Crippen molar-refractivity contribution < 1.29 is 4.74 Å². The third-order valence-electron chi connectivity index (χ3n) is 4.53. The molecule has 1 saturated heterocycles. The van der Waals surface area contributed by atoms with Crippen molar-refractivity contribution in [1.82, 2.24) is 15.2 Å². The number of hydrogen-bond donors (Lipinski definition) is 1. The van der Waals surface area contributed by atoms with Gasteiger partial charge in [0.15, 0.2) is 5.96 Å². The summed E-state index contributed by atoms with van der Waals surface area (Å²) in [4.78, 5) is 11.1. The first kappa shape index (κ1) is 19.0. The van der Waals surface area contributed by atoms with E-state index in [4.69, 9.17) is 4.74 Å². The number of rotatable bonds is 7. The summed E-state index contributed by atoms with van der Waals surface area (Å²) in [6, 6.07) is 8.45. The molecule has 5 nitrogen and oxygen atoms in total. The second kappa shape index (κ2) is 9.83. The largest absolute Gasteiger partial charge is 0.497 e. The number of aromatic nitrogens is 1. The average molecular weight is 391 g/mol. The first-order chi connectivity index (χ1) is 12.8. The minimum absolute atomic E-state index is 0.555. The number of guanidine groups is 1. The highest BCUT2D eigenvalue weighted by Gasteiger charge is 2.25. The molecular weight excluding hydrogens is 364 g/mol. The molecule has 1 aliphatic heterocycles. The molecule has 3 rings (SSSR count). The molecule has 0 spiro atoms. The highest BCUT2D eigenvalue weighted by atomic mass is 32.2. The number of thiazole rings is 1. The number of nitrogens with one attached hydrogen (secondary N) is 1. The van der Waals surface area contributed by atoms with Gasteiger partial charge in [0.05, 0.1) is 7.11 Å². The molecule has 0 bridgehead atoms. The zero-order chi connectivity index (χ0) is 18.2. The van der Waals surface area contributed by atoms with Crippen LogP contribution >= 0.6 is 23.1 Å². The predicted octanol–water partition coefficient (Wildman–Crippen LogP) is 3.70. The second-order valence-electron chi connectivity index (χ2n) is 6.18. The van der Waals surface area contributed by atoms with Crippen molar-refractivity contribution in [1.29, 1.82) is 0 Å². The van der Waals surface area contributed by atoms with Gasteiger partial charge in [0, 0.05) is 49.9 Å². The Morgan fingerprint density at radius 2 is 2.27 bits per heavy atom. The topological polar surface area (TPSA) is 49.8 Å². The van der Waals surface area contributed by atoms with E-state index in [-0.39, 0.29) is 0 Å². The molecule has 1 atom stereocenters. The molecule has 1 aromatic carbocycles. The maximum Gasteiger partial charge on any atom is 0.193 e. The molecule has 0 radical (unpaired) electrons. The summed E-state index contributed by atoms with van der Waals surface area (Å²) in [5, 5.41) is 5.53. The third kappa shape index (κ3) is 5.14. The minimum Gasteiger partial charge on any atom is -0.497 e. The molecular formula is C19H26N4OS2. The Balaban J connectivity index is 1.42. The molecule has 26 heavy (non-hydrogen) atoms. The van der Waals surface area contributed by atoms with E-state index in [0.29, 0.717) is 5.92 Å². The van der Waals surface area contributed by atoms with E-state index in [1.807, 2.05) is 42.5 Å². The van der Waals surface area contributed by atoms with Crippen LogP contribution in [0.4, 0.5) is 0 Å². The Kier molecular flexibility index (Phi) is 7.20. The lowest BCUT2D eigenvalue weighted by molar-refractivity contribution is 0.414. The van der Waals surface area contributed by atoms with Crippen molar-refractivity contribution in [2.45, 2.75) is 23.1 Å². The Morgan fingerprint density at radius 1 is 1.42 bits per heavy atom. The summed E-state index contributed by atoms with van der Waals surface area (Å²) in [5.41, 5.74) is 1.38. The van der Waals surface area contributed by atoms with Crippen LogP contribution in [0.5, 0.6) is 5.75 Å². The van der Waals surface area contributed by atoms with Gasteiger partial charge in [-0.25, -0.2) is 4.98 Å².